The van der Waals surface area contributed by atoms with Crippen molar-refractivity contribution in [3.63, 3.8) is 0 Å². The minimum Gasteiger partial charge on any atom is -0.466 e. The van der Waals surface area contributed by atoms with E-state index in [0.29, 0.717) is 18.9 Å². The molecule has 0 radical (unpaired) electrons. The largest absolute Gasteiger partial charge is 0.466 e. The summed E-state index contributed by atoms with van der Waals surface area (Å²) in [6.45, 7) is 10.6. The normalized spacial score (nSPS) is 10.3. The molecule has 0 unspecified atom stereocenters. The SMILES string of the molecule is C=C(C)CCCC(=O)OCCC(C)C. The summed E-state index contributed by atoms with van der Waals surface area (Å²) in [4.78, 5) is 11.2. The average Bonchev–Trinajstić information content (AvgIpc) is 2.02. The van der Waals surface area contributed by atoms with Crippen molar-refractivity contribution >= 4 is 5.97 Å². The Morgan fingerprint density at radius 3 is 2.50 bits per heavy atom. The maximum absolute atomic E-state index is 11.2. The van der Waals surface area contributed by atoms with E-state index in [1.54, 1.807) is 0 Å². The predicted molar refractivity (Wildman–Crippen MR) is 59.1 cm³/mol. The molecule has 0 bridgehead atoms. The molecule has 2 nitrogen and oxygen atoms in total. The topological polar surface area (TPSA) is 26.3 Å². The lowest BCUT2D eigenvalue weighted by Crippen LogP contribution is -2.07. The number of esters is 1. The number of carbonyl (C=O) groups excluding carboxylic acids is 1. The van der Waals surface area contributed by atoms with Gasteiger partial charge in [0.25, 0.3) is 0 Å². The molecule has 0 N–H and O–H groups in total. The van der Waals surface area contributed by atoms with Gasteiger partial charge in [0.15, 0.2) is 0 Å². The Hall–Kier alpha value is -0.790. The maximum atomic E-state index is 11.2. The Balaban J connectivity index is 3.33. The van der Waals surface area contributed by atoms with Crippen molar-refractivity contribution in [3.05, 3.63) is 12.2 Å². The standard InChI is InChI=1S/C12H22O2/c1-10(2)6-5-7-12(13)14-9-8-11(3)4/h11H,1,5-9H2,2-4H3. The smallest absolute Gasteiger partial charge is 0.305 e. The lowest BCUT2D eigenvalue weighted by molar-refractivity contribution is -0.144. The fraction of sp³-hybridized carbons (Fsp3) is 0.750. The van der Waals surface area contributed by atoms with Crippen LogP contribution in [0.25, 0.3) is 0 Å². The highest BCUT2D eigenvalue weighted by Gasteiger charge is 2.03. The van der Waals surface area contributed by atoms with Gasteiger partial charge in [-0.25, -0.2) is 0 Å². The fourth-order valence-electron chi connectivity index (χ4n) is 1.02. The molecule has 0 aliphatic rings. The van der Waals surface area contributed by atoms with E-state index in [0.717, 1.165) is 24.8 Å². The van der Waals surface area contributed by atoms with Gasteiger partial charge < -0.3 is 4.74 Å². The minimum absolute atomic E-state index is 0.0769. The van der Waals surface area contributed by atoms with Gasteiger partial charge in [0.2, 0.25) is 0 Å². The molecule has 0 aromatic carbocycles. The van der Waals surface area contributed by atoms with Crippen LogP contribution in [-0.4, -0.2) is 12.6 Å². The van der Waals surface area contributed by atoms with Gasteiger partial charge in [-0.2, -0.15) is 0 Å². The molecule has 2 heteroatoms. The van der Waals surface area contributed by atoms with Crippen LogP contribution in [0.3, 0.4) is 0 Å². The van der Waals surface area contributed by atoms with Crippen LogP contribution in [0, 0.1) is 5.92 Å². The Morgan fingerprint density at radius 2 is 2.00 bits per heavy atom. The lowest BCUT2D eigenvalue weighted by atomic mass is 10.1. The van der Waals surface area contributed by atoms with Crippen molar-refractivity contribution in [3.8, 4) is 0 Å². The van der Waals surface area contributed by atoms with Crippen LogP contribution in [0.4, 0.5) is 0 Å². The molecule has 0 fully saturated rings. The minimum atomic E-state index is -0.0769. The third-order valence-electron chi connectivity index (χ3n) is 1.94. The van der Waals surface area contributed by atoms with Gasteiger partial charge in [0.05, 0.1) is 6.61 Å². The summed E-state index contributed by atoms with van der Waals surface area (Å²) < 4.78 is 5.07. The second-order valence-electron chi connectivity index (χ2n) is 4.21. The molecule has 0 amide bonds. The number of hydrogen-bond donors (Lipinski definition) is 0. The summed E-state index contributed by atoms with van der Waals surface area (Å²) in [7, 11) is 0. The van der Waals surface area contributed by atoms with Crippen molar-refractivity contribution in [2.24, 2.45) is 5.92 Å². The zero-order chi connectivity index (χ0) is 11.0. The van der Waals surface area contributed by atoms with Gasteiger partial charge in [-0.3, -0.25) is 4.79 Å². The second kappa shape index (κ2) is 7.60. The van der Waals surface area contributed by atoms with Gasteiger partial charge in [-0.15, -0.1) is 6.58 Å². The van der Waals surface area contributed by atoms with Crippen LogP contribution < -0.4 is 0 Å². The summed E-state index contributed by atoms with van der Waals surface area (Å²) in [6, 6.07) is 0. The monoisotopic (exact) mass is 198 g/mol. The molecular weight excluding hydrogens is 176 g/mol. The Morgan fingerprint density at radius 1 is 1.36 bits per heavy atom. The Bertz CT molecular complexity index is 183. The first-order valence-corrected chi connectivity index (χ1v) is 5.32. The van der Waals surface area contributed by atoms with E-state index >= 15 is 0 Å². The van der Waals surface area contributed by atoms with Gasteiger partial charge in [-0.1, -0.05) is 19.4 Å². The van der Waals surface area contributed by atoms with Crippen molar-refractivity contribution in [2.45, 2.75) is 46.5 Å². The maximum Gasteiger partial charge on any atom is 0.305 e. The zero-order valence-corrected chi connectivity index (χ0v) is 9.64. The van der Waals surface area contributed by atoms with Crippen LogP contribution in [0.2, 0.25) is 0 Å². The Labute approximate surface area is 87.3 Å². The molecule has 0 aliphatic carbocycles. The van der Waals surface area contributed by atoms with Gasteiger partial charge >= 0.3 is 5.97 Å². The van der Waals surface area contributed by atoms with E-state index in [1.807, 2.05) is 6.92 Å². The molecule has 0 atom stereocenters. The average molecular weight is 198 g/mol. The molecule has 0 aromatic rings. The van der Waals surface area contributed by atoms with Crippen LogP contribution in [0.1, 0.15) is 46.5 Å². The molecule has 14 heavy (non-hydrogen) atoms. The molecule has 0 rings (SSSR count). The van der Waals surface area contributed by atoms with Crippen LogP contribution in [0.5, 0.6) is 0 Å². The number of rotatable bonds is 7. The van der Waals surface area contributed by atoms with Crippen LogP contribution in [-0.2, 0) is 9.53 Å². The summed E-state index contributed by atoms with van der Waals surface area (Å²) >= 11 is 0. The summed E-state index contributed by atoms with van der Waals surface area (Å²) in [5.41, 5.74) is 1.12. The summed E-state index contributed by atoms with van der Waals surface area (Å²) in [6.07, 6.45) is 3.24. The van der Waals surface area contributed by atoms with Gasteiger partial charge in [-0.05, 0) is 32.1 Å². The third-order valence-corrected chi connectivity index (χ3v) is 1.94. The quantitative estimate of drug-likeness (QED) is 0.463. The van der Waals surface area contributed by atoms with Gasteiger partial charge in [0.1, 0.15) is 0 Å². The molecule has 0 saturated heterocycles. The van der Waals surface area contributed by atoms with Crippen molar-refractivity contribution in [2.75, 3.05) is 6.61 Å². The highest BCUT2D eigenvalue weighted by atomic mass is 16.5. The molecule has 0 spiro atoms. The van der Waals surface area contributed by atoms with Crippen molar-refractivity contribution in [1.29, 1.82) is 0 Å². The number of hydrogen-bond acceptors (Lipinski definition) is 2. The Kier molecular flexibility index (Phi) is 7.17. The van der Waals surface area contributed by atoms with E-state index in [1.165, 1.54) is 0 Å². The van der Waals surface area contributed by atoms with Gasteiger partial charge in [0, 0.05) is 6.42 Å². The first-order chi connectivity index (χ1) is 6.52. The van der Waals surface area contributed by atoms with E-state index in [-0.39, 0.29) is 5.97 Å². The number of ether oxygens (including phenoxy) is 1. The van der Waals surface area contributed by atoms with Crippen LogP contribution >= 0.6 is 0 Å². The highest BCUT2D eigenvalue weighted by molar-refractivity contribution is 5.69. The van der Waals surface area contributed by atoms with Crippen molar-refractivity contribution in [1.82, 2.24) is 0 Å². The lowest BCUT2D eigenvalue weighted by Gasteiger charge is -2.06. The zero-order valence-electron chi connectivity index (χ0n) is 9.64. The predicted octanol–water partition coefficient (Wildman–Crippen LogP) is 3.32. The summed E-state index contributed by atoms with van der Waals surface area (Å²) in [5.74, 6) is 0.519. The molecule has 0 heterocycles. The summed E-state index contributed by atoms with van der Waals surface area (Å²) in [5, 5.41) is 0. The third kappa shape index (κ3) is 9.30. The molecule has 0 saturated carbocycles. The van der Waals surface area contributed by atoms with Crippen molar-refractivity contribution < 1.29 is 9.53 Å². The first-order valence-electron chi connectivity index (χ1n) is 5.32. The fourth-order valence-corrected chi connectivity index (χ4v) is 1.02. The molecule has 0 aromatic heterocycles. The van der Waals surface area contributed by atoms with E-state index < -0.39 is 0 Å². The van der Waals surface area contributed by atoms with Crippen LogP contribution in [0.15, 0.2) is 12.2 Å². The van der Waals surface area contributed by atoms with E-state index in [4.69, 9.17) is 4.74 Å². The second-order valence-corrected chi connectivity index (χ2v) is 4.21. The first kappa shape index (κ1) is 13.2. The van der Waals surface area contributed by atoms with E-state index in [9.17, 15) is 4.79 Å². The highest BCUT2D eigenvalue weighted by Crippen LogP contribution is 2.05. The number of carbonyl (C=O) groups is 1. The van der Waals surface area contributed by atoms with E-state index in [2.05, 4.69) is 20.4 Å². The molecule has 0 aliphatic heterocycles. The molecule has 82 valence electrons. The number of allylic oxidation sites excluding steroid dienone is 1. The molecular formula is C12H22O2.